The highest BCUT2D eigenvalue weighted by Gasteiger charge is 2.21. The smallest absolute Gasteiger partial charge is 0.168 e. The maximum absolute atomic E-state index is 5.83. The van der Waals surface area contributed by atoms with Crippen LogP contribution in [0.2, 0.25) is 0 Å². The lowest BCUT2D eigenvalue weighted by Gasteiger charge is -2.03. The Labute approximate surface area is 89.7 Å². The molecule has 1 unspecified atom stereocenters. The van der Waals surface area contributed by atoms with E-state index in [1.54, 1.807) is 0 Å². The van der Waals surface area contributed by atoms with E-state index in [4.69, 9.17) is 12.2 Å². The van der Waals surface area contributed by atoms with Crippen LogP contribution in [0, 0.1) is 12.3 Å². The second-order valence-corrected chi connectivity index (χ2v) is 4.07. The first kappa shape index (κ1) is 10.2. The third kappa shape index (κ3) is 2.18. The number of H-pyrrole nitrogens is 1. The first-order valence-corrected chi connectivity index (χ1v) is 5.42. The fourth-order valence-electron chi connectivity index (χ4n) is 2.05. The Morgan fingerprint density at radius 2 is 2.27 bits per heavy atom. The molecule has 15 heavy (non-hydrogen) atoms. The van der Waals surface area contributed by atoms with E-state index in [0.717, 1.165) is 5.82 Å². The van der Waals surface area contributed by atoms with Gasteiger partial charge in [-0.3, -0.25) is 5.10 Å². The molecule has 2 rings (SSSR count). The Hall–Kier alpha value is -1.34. The summed E-state index contributed by atoms with van der Waals surface area (Å²) in [5.41, 5.74) is 5.83. The van der Waals surface area contributed by atoms with Crippen molar-refractivity contribution in [1.29, 1.82) is 0 Å². The molecule has 1 aromatic heterocycles. The molecule has 1 heterocycles. The topological polar surface area (TPSA) is 67.6 Å². The Balaban J connectivity index is 2.06. The molecule has 3 N–H and O–H groups in total. The van der Waals surface area contributed by atoms with Crippen molar-refractivity contribution < 1.29 is 0 Å². The standard InChI is InChI=1S/C11H16N4/c1-2-5-9(12)11-13-10(14-15-11)8-6-3-4-7-8/h1,8-9H,3-7,12H2,(H,13,14,15). The number of aromatic nitrogens is 3. The first-order chi connectivity index (χ1) is 7.31. The molecule has 1 atom stereocenters. The monoisotopic (exact) mass is 204 g/mol. The lowest BCUT2D eigenvalue weighted by molar-refractivity contribution is 0.666. The van der Waals surface area contributed by atoms with Gasteiger partial charge in [-0.1, -0.05) is 12.8 Å². The summed E-state index contributed by atoms with van der Waals surface area (Å²) in [5.74, 6) is 4.70. The molecule has 1 aromatic rings. The van der Waals surface area contributed by atoms with E-state index in [2.05, 4.69) is 21.1 Å². The maximum Gasteiger partial charge on any atom is 0.168 e. The van der Waals surface area contributed by atoms with Crippen LogP contribution < -0.4 is 5.73 Å². The summed E-state index contributed by atoms with van der Waals surface area (Å²) in [4.78, 5) is 4.42. The number of terminal acetylenes is 1. The molecule has 1 saturated carbocycles. The number of nitrogens with zero attached hydrogens (tertiary/aromatic N) is 2. The van der Waals surface area contributed by atoms with Crippen molar-refractivity contribution in [3.63, 3.8) is 0 Å². The molecule has 1 aliphatic rings. The second kappa shape index (κ2) is 4.45. The van der Waals surface area contributed by atoms with Gasteiger partial charge in [0.2, 0.25) is 0 Å². The highest BCUT2D eigenvalue weighted by atomic mass is 15.2. The van der Waals surface area contributed by atoms with E-state index >= 15 is 0 Å². The van der Waals surface area contributed by atoms with Crippen molar-refractivity contribution in [3.05, 3.63) is 11.6 Å². The highest BCUT2D eigenvalue weighted by molar-refractivity contribution is 5.05. The van der Waals surface area contributed by atoms with Crippen LogP contribution in [0.25, 0.3) is 0 Å². The van der Waals surface area contributed by atoms with Crippen LogP contribution in [0.3, 0.4) is 0 Å². The van der Waals surface area contributed by atoms with E-state index in [1.807, 2.05) is 0 Å². The Kier molecular flexibility index (Phi) is 3.02. The average molecular weight is 204 g/mol. The summed E-state index contributed by atoms with van der Waals surface area (Å²) in [5, 5.41) is 7.10. The average Bonchev–Trinajstić information content (AvgIpc) is 2.89. The molecule has 0 amide bonds. The summed E-state index contributed by atoms with van der Waals surface area (Å²) >= 11 is 0. The van der Waals surface area contributed by atoms with Gasteiger partial charge in [0.05, 0.1) is 6.04 Å². The lowest BCUT2D eigenvalue weighted by Crippen LogP contribution is -2.11. The van der Waals surface area contributed by atoms with E-state index in [1.165, 1.54) is 25.7 Å². The molecule has 0 aromatic carbocycles. The predicted octanol–water partition coefficient (Wildman–Crippen LogP) is 1.49. The molecule has 0 saturated heterocycles. The molecule has 0 aliphatic heterocycles. The zero-order chi connectivity index (χ0) is 10.7. The quantitative estimate of drug-likeness (QED) is 0.733. The molecular weight excluding hydrogens is 188 g/mol. The summed E-state index contributed by atoms with van der Waals surface area (Å²) < 4.78 is 0. The van der Waals surface area contributed by atoms with E-state index in [0.29, 0.717) is 18.2 Å². The number of nitrogens with one attached hydrogen (secondary N) is 1. The van der Waals surface area contributed by atoms with Crippen LogP contribution in [0.15, 0.2) is 0 Å². The van der Waals surface area contributed by atoms with E-state index in [9.17, 15) is 0 Å². The first-order valence-electron chi connectivity index (χ1n) is 5.42. The predicted molar refractivity (Wildman–Crippen MR) is 58.0 cm³/mol. The van der Waals surface area contributed by atoms with Gasteiger partial charge in [-0.25, -0.2) is 4.98 Å². The number of hydrogen-bond donors (Lipinski definition) is 2. The van der Waals surface area contributed by atoms with Gasteiger partial charge in [0.15, 0.2) is 5.82 Å². The van der Waals surface area contributed by atoms with E-state index in [-0.39, 0.29) is 6.04 Å². The van der Waals surface area contributed by atoms with Gasteiger partial charge in [-0.2, -0.15) is 5.10 Å². The van der Waals surface area contributed by atoms with Crippen LogP contribution in [0.1, 0.15) is 55.7 Å². The number of hydrogen-bond acceptors (Lipinski definition) is 3. The molecular formula is C11H16N4. The van der Waals surface area contributed by atoms with Crippen LogP contribution in [-0.4, -0.2) is 15.2 Å². The van der Waals surface area contributed by atoms with Gasteiger partial charge in [0.25, 0.3) is 0 Å². The molecule has 1 fully saturated rings. The molecule has 0 spiro atoms. The van der Waals surface area contributed by atoms with Crippen LogP contribution in [0.5, 0.6) is 0 Å². The van der Waals surface area contributed by atoms with Crippen LogP contribution in [-0.2, 0) is 0 Å². The molecule has 1 aliphatic carbocycles. The van der Waals surface area contributed by atoms with E-state index < -0.39 is 0 Å². The molecule has 0 bridgehead atoms. The molecule has 4 nitrogen and oxygen atoms in total. The summed E-state index contributed by atoms with van der Waals surface area (Å²) in [6.45, 7) is 0. The minimum absolute atomic E-state index is 0.235. The van der Waals surface area contributed by atoms with Crippen molar-refractivity contribution in [1.82, 2.24) is 15.2 Å². The van der Waals surface area contributed by atoms with Gasteiger partial charge in [0.1, 0.15) is 5.82 Å². The fraction of sp³-hybridized carbons (Fsp3) is 0.636. The third-order valence-corrected chi connectivity index (χ3v) is 2.93. The van der Waals surface area contributed by atoms with Crippen LogP contribution in [0.4, 0.5) is 0 Å². The Morgan fingerprint density at radius 1 is 1.53 bits per heavy atom. The summed E-state index contributed by atoms with van der Waals surface area (Å²) in [6, 6.07) is -0.235. The van der Waals surface area contributed by atoms with Gasteiger partial charge in [-0.05, 0) is 12.8 Å². The molecule has 4 heteroatoms. The van der Waals surface area contributed by atoms with Crippen LogP contribution >= 0.6 is 0 Å². The highest BCUT2D eigenvalue weighted by Crippen LogP contribution is 2.32. The number of rotatable bonds is 3. The summed E-state index contributed by atoms with van der Waals surface area (Å²) in [7, 11) is 0. The summed E-state index contributed by atoms with van der Waals surface area (Å²) in [6.07, 6.45) is 10.7. The Morgan fingerprint density at radius 3 is 2.93 bits per heavy atom. The van der Waals surface area contributed by atoms with Gasteiger partial charge in [0, 0.05) is 12.3 Å². The minimum atomic E-state index is -0.235. The normalized spacial score (nSPS) is 18.9. The fourth-order valence-corrected chi connectivity index (χ4v) is 2.05. The SMILES string of the molecule is C#CCC(N)c1n[nH]c(C2CCCC2)n1. The zero-order valence-corrected chi connectivity index (χ0v) is 8.74. The van der Waals surface area contributed by atoms with Gasteiger partial charge < -0.3 is 5.73 Å². The van der Waals surface area contributed by atoms with Gasteiger partial charge in [-0.15, -0.1) is 12.3 Å². The number of nitrogens with two attached hydrogens (primary N) is 1. The largest absolute Gasteiger partial charge is 0.320 e. The third-order valence-electron chi connectivity index (χ3n) is 2.93. The number of aromatic amines is 1. The minimum Gasteiger partial charge on any atom is -0.320 e. The van der Waals surface area contributed by atoms with Gasteiger partial charge >= 0.3 is 0 Å². The van der Waals surface area contributed by atoms with Crippen molar-refractivity contribution in [2.45, 2.75) is 44.1 Å². The second-order valence-electron chi connectivity index (χ2n) is 4.07. The van der Waals surface area contributed by atoms with Crippen molar-refractivity contribution >= 4 is 0 Å². The van der Waals surface area contributed by atoms with Crippen molar-refractivity contribution in [2.24, 2.45) is 5.73 Å². The Bertz CT molecular complexity index is 357. The zero-order valence-electron chi connectivity index (χ0n) is 8.74. The molecule has 80 valence electrons. The van der Waals surface area contributed by atoms with Crippen molar-refractivity contribution in [3.8, 4) is 12.3 Å². The van der Waals surface area contributed by atoms with Crippen molar-refractivity contribution in [2.75, 3.05) is 0 Å². The maximum atomic E-state index is 5.83. The molecule has 0 radical (unpaired) electrons. The lowest BCUT2D eigenvalue weighted by atomic mass is 10.1.